The molecule has 0 spiro atoms. The zero-order valence-electron chi connectivity index (χ0n) is 16.8. The minimum Gasteiger partial charge on any atom is -0.489 e. The van der Waals surface area contributed by atoms with E-state index in [4.69, 9.17) is 9.26 Å². The van der Waals surface area contributed by atoms with Crippen LogP contribution in [-0.4, -0.2) is 41.7 Å². The summed E-state index contributed by atoms with van der Waals surface area (Å²) in [5.74, 6) is 0.389. The fourth-order valence-electron chi connectivity index (χ4n) is 3.68. The smallest absolute Gasteiger partial charge is 0.274 e. The number of H-pyrrole nitrogens is 1. The first-order valence-electron chi connectivity index (χ1n) is 9.90. The van der Waals surface area contributed by atoms with Gasteiger partial charge in [0, 0.05) is 42.7 Å². The monoisotopic (exact) mass is 432 g/mol. The van der Waals surface area contributed by atoms with Gasteiger partial charge in [0.25, 0.3) is 11.8 Å². The molecule has 1 atom stereocenters. The fourth-order valence-corrected chi connectivity index (χ4v) is 3.68. The third kappa shape index (κ3) is 3.94. The lowest BCUT2D eigenvalue weighted by Gasteiger charge is -2.20. The van der Waals surface area contributed by atoms with E-state index in [0.717, 1.165) is 16.5 Å². The van der Waals surface area contributed by atoms with E-state index in [0.29, 0.717) is 23.6 Å². The first-order chi connectivity index (χ1) is 15.1. The van der Waals surface area contributed by atoms with Gasteiger partial charge in [0.15, 0.2) is 5.69 Å². The van der Waals surface area contributed by atoms with Gasteiger partial charge in [0.2, 0.25) is 0 Å². The number of benzene rings is 2. The number of fused-ring (bicyclic) bond motifs is 2. The molecule has 5 rings (SSSR count). The van der Waals surface area contributed by atoms with Crippen LogP contribution in [0, 0.1) is 0 Å². The Morgan fingerprint density at radius 2 is 2.03 bits per heavy atom. The van der Waals surface area contributed by atoms with Crippen molar-refractivity contribution >= 4 is 28.4 Å². The Bertz CT molecular complexity index is 1260. The summed E-state index contributed by atoms with van der Waals surface area (Å²) in [4.78, 5) is 30.3. The van der Waals surface area contributed by atoms with Crippen LogP contribution >= 0.6 is 0 Å². The van der Waals surface area contributed by atoms with Gasteiger partial charge in [-0.1, -0.05) is 42.9 Å². The second kappa shape index (κ2) is 8.58. The molecule has 3 heterocycles. The molecule has 2 aromatic heterocycles. The molecule has 1 aliphatic rings. The largest absolute Gasteiger partial charge is 0.489 e. The number of aromatic amines is 1. The molecule has 0 radical (unpaired) electrons. The van der Waals surface area contributed by atoms with E-state index < -0.39 is 11.9 Å². The second-order valence-corrected chi connectivity index (χ2v) is 7.46. The van der Waals surface area contributed by atoms with Gasteiger partial charge in [-0.05, 0) is 17.7 Å². The number of aromatic nitrogens is 2. The van der Waals surface area contributed by atoms with Crippen molar-refractivity contribution in [3.63, 3.8) is 0 Å². The van der Waals surface area contributed by atoms with Crippen LogP contribution in [0.5, 0.6) is 5.75 Å². The molecule has 4 aromatic rings. The molecule has 0 bridgehead atoms. The maximum atomic E-state index is 13.0. The van der Waals surface area contributed by atoms with E-state index in [1.54, 1.807) is 13.1 Å². The average molecular weight is 432 g/mol. The van der Waals surface area contributed by atoms with Crippen LogP contribution in [0.25, 0.3) is 10.9 Å². The van der Waals surface area contributed by atoms with Crippen molar-refractivity contribution in [2.75, 3.05) is 18.6 Å². The van der Waals surface area contributed by atoms with Crippen LogP contribution in [0.15, 0.2) is 65.3 Å². The normalized spacial score (nSPS) is 15.5. The molecule has 0 fully saturated rings. The van der Waals surface area contributed by atoms with Gasteiger partial charge in [-0.2, -0.15) is 0 Å². The maximum Gasteiger partial charge on any atom is 0.274 e. The summed E-state index contributed by atoms with van der Waals surface area (Å²) >= 11 is 0. The van der Waals surface area contributed by atoms with Crippen LogP contribution in [0.2, 0.25) is 0 Å². The highest BCUT2D eigenvalue weighted by Crippen LogP contribution is 2.34. The molecule has 164 valence electrons. The summed E-state index contributed by atoms with van der Waals surface area (Å²) in [5, 5.41) is 7.55. The predicted molar refractivity (Wildman–Crippen MR) is 121 cm³/mol. The Morgan fingerprint density at radius 3 is 2.84 bits per heavy atom. The van der Waals surface area contributed by atoms with Gasteiger partial charge in [-0.25, -0.2) is 0 Å². The molecule has 0 saturated heterocycles. The number of nitrogens with one attached hydrogen (secondary N) is 2. The van der Waals surface area contributed by atoms with E-state index >= 15 is 0 Å². The molecular weight excluding hydrogens is 408 g/mol. The third-order valence-corrected chi connectivity index (χ3v) is 5.35. The lowest BCUT2D eigenvalue weighted by Crippen LogP contribution is -2.49. The molecule has 2 aromatic carbocycles. The molecule has 1 aliphatic heterocycles. The number of hydrogen-bond acceptors (Lipinski definition) is 5. The summed E-state index contributed by atoms with van der Waals surface area (Å²) in [6.07, 6.45) is 2.36. The molecule has 0 aliphatic carbocycles. The van der Waals surface area contributed by atoms with Crippen LogP contribution < -0.4 is 15.0 Å². The molecule has 8 heteroatoms. The minimum absolute atomic E-state index is 0. The Balaban J connectivity index is 0.00000245. The Hall–Kier alpha value is -4.07. The van der Waals surface area contributed by atoms with E-state index in [9.17, 15) is 9.59 Å². The number of rotatable bonds is 4. The summed E-state index contributed by atoms with van der Waals surface area (Å²) < 4.78 is 11.2. The molecule has 0 saturated carbocycles. The molecule has 32 heavy (non-hydrogen) atoms. The first kappa shape index (κ1) is 21.2. The van der Waals surface area contributed by atoms with E-state index in [-0.39, 0.29) is 25.6 Å². The minimum atomic E-state index is -0.850. The standard InChI is InChI=1S/C23H20N4O4.CH4/c1-27-20-10-15-7-8-24-17(15)12-21(20)30-13-19(23(27)29)25-22(28)18-11-16(31-26-18)9-14-5-3-2-4-6-14;/h2-8,10-12,19,24H,9,13H2,1H3,(H,25,28);1H4/t19-;/m0./s1. The summed E-state index contributed by atoms with van der Waals surface area (Å²) in [6, 6.07) is 16.2. The molecule has 0 unspecified atom stereocenters. The number of amides is 2. The van der Waals surface area contributed by atoms with Crippen LogP contribution in [0.3, 0.4) is 0 Å². The van der Waals surface area contributed by atoms with Crippen molar-refractivity contribution in [1.29, 1.82) is 0 Å². The lowest BCUT2D eigenvalue weighted by atomic mass is 10.1. The number of hydrogen-bond donors (Lipinski definition) is 2. The van der Waals surface area contributed by atoms with E-state index in [1.165, 1.54) is 4.90 Å². The average Bonchev–Trinajstić information content (AvgIpc) is 3.42. The van der Waals surface area contributed by atoms with Crippen molar-refractivity contribution in [2.45, 2.75) is 19.9 Å². The highest BCUT2D eigenvalue weighted by atomic mass is 16.5. The van der Waals surface area contributed by atoms with Gasteiger partial charge in [0.05, 0.1) is 5.69 Å². The highest BCUT2D eigenvalue weighted by Gasteiger charge is 2.31. The number of nitrogens with zero attached hydrogens (tertiary/aromatic N) is 2. The van der Waals surface area contributed by atoms with Gasteiger partial charge < -0.3 is 24.5 Å². The van der Waals surface area contributed by atoms with Crippen LogP contribution in [0.4, 0.5) is 5.69 Å². The summed E-state index contributed by atoms with van der Waals surface area (Å²) in [5.41, 5.74) is 2.74. The Kier molecular flexibility index (Phi) is 5.68. The zero-order valence-corrected chi connectivity index (χ0v) is 16.8. The van der Waals surface area contributed by atoms with Crippen molar-refractivity contribution < 1.29 is 18.8 Å². The molecule has 8 nitrogen and oxygen atoms in total. The number of carbonyl (C=O) groups is 2. The number of likely N-dealkylation sites (N-methyl/N-ethyl adjacent to an activating group) is 1. The van der Waals surface area contributed by atoms with Gasteiger partial charge >= 0.3 is 0 Å². The fraction of sp³-hybridized carbons (Fsp3) is 0.208. The number of carbonyl (C=O) groups excluding carboxylic acids is 2. The Labute approximate surface area is 185 Å². The Morgan fingerprint density at radius 1 is 1.22 bits per heavy atom. The maximum absolute atomic E-state index is 13.0. The topological polar surface area (TPSA) is 100 Å². The van der Waals surface area contributed by atoms with E-state index in [1.807, 2.05) is 54.7 Å². The van der Waals surface area contributed by atoms with Crippen LogP contribution in [-0.2, 0) is 11.2 Å². The van der Waals surface area contributed by atoms with Crippen molar-refractivity contribution in [1.82, 2.24) is 15.5 Å². The van der Waals surface area contributed by atoms with Crippen molar-refractivity contribution in [2.24, 2.45) is 0 Å². The van der Waals surface area contributed by atoms with Crippen LogP contribution in [0.1, 0.15) is 29.2 Å². The first-order valence-corrected chi connectivity index (χ1v) is 9.90. The van der Waals surface area contributed by atoms with Gasteiger partial charge in [-0.3, -0.25) is 9.59 Å². The zero-order chi connectivity index (χ0) is 21.4. The predicted octanol–water partition coefficient (Wildman–Crippen LogP) is 3.54. The molecular formula is C24H24N4O4. The third-order valence-electron chi connectivity index (χ3n) is 5.35. The molecule has 2 amide bonds. The van der Waals surface area contributed by atoms with Gasteiger partial charge in [-0.15, -0.1) is 0 Å². The van der Waals surface area contributed by atoms with E-state index in [2.05, 4.69) is 15.5 Å². The van der Waals surface area contributed by atoms with Crippen molar-refractivity contribution in [3.8, 4) is 5.75 Å². The summed E-state index contributed by atoms with van der Waals surface area (Å²) in [6.45, 7) is 0.0167. The molecule has 2 N–H and O–H groups in total. The highest BCUT2D eigenvalue weighted by molar-refractivity contribution is 6.04. The summed E-state index contributed by atoms with van der Waals surface area (Å²) in [7, 11) is 1.67. The van der Waals surface area contributed by atoms with Gasteiger partial charge in [0.1, 0.15) is 24.2 Å². The quantitative estimate of drug-likeness (QED) is 0.514. The second-order valence-electron chi connectivity index (χ2n) is 7.46. The number of ether oxygens (including phenoxy) is 1. The SMILES string of the molecule is C.CN1C(=O)[C@@H](NC(=O)c2cc(Cc3ccccc3)on2)COc2cc3[nH]ccc3cc21. The van der Waals surface area contributed by atoms with Crippen molar-refractivity contribution in [3.05, 3.63) is 77.8 Å². The number of anilines is 1. The lowest BCUT2D eigenvalue weighted by molar-refractivity contribution is -0.120.